The molecule has 84 valence electrons. The predicted molar refractivity (Wildman–Crippen MR) is 62.0 cm³/mol. The van der Waals surface area contributed by atoms with Gasteiger partial charge in [0.05, 0.1) is 10.8 Å². The second-order valence-corrected chi connectivity index (χ2v) is 3.64. The Bertz CT molecular complexity index is 655. The van der Waals surface area contributed by atoms with E-state index < -0.39 is 0 Å². The molecule has 0 saturated heterocycles. The minimum Gasteiger partial charge on any atom is -0.492 e. The summed E-state index contributed by atoms with van der Waals surface area (Å²) in [5.74, 6) is -0.749. The molecule has 3 N–H and O–H groups in total. The molecule has 2 aromatic rings. The van der Waals surface area contributed by atoms with Crippen molar-refractivity contribution < 1.29 is 15.4 Å². The van der Waals surface area contributed by atoms with Crippen LogP contribution in [0.5, 0.6) is 11.8 Å². The minimum atomic E-state index is -0.385. The third-order valence-corrected chi connectivity index (χ3v) is 2.60. The van der Waals surface area contributed by atoms with Crippen molar-refractivity contribution in [1.29, 1.82) is 0 Å². The average Bonchev–Trinajstić information content (AvgIpc) is 2.49. The van der Waals surface area contributed by atoms with Gasteiger partial charge in [0.1, 0.15) is 0 Å². The third kappa shape index (κ3) is 1.23. The quantitative estimate of drug-likeness (QED) is 0.624. The van der Waals surface area contributed by atoms with Crippen LogP contribution >= 0.6 is 0 Å². The molecule has 0 saturated carbocycles. The Kier molecular flexibility index (Phi) is 2.27. The van der Waals surface area contributed by atoms with Gasteiger partial charge in [-0.05, 0) is 16.9 Å². The normalized spacial score (nSPS) is 12.4. The van der Waals surface area contributed by atoms with Crippen LogP contribution in [-0.4, -0.2) is 20.2 Å². The van der Waals surface area contributed by atoms with E-state index in [0.29, 0.717) is 20.7 Å². The molecule has 0 radical (unpaired) electrons. The van der Waals surface area contributed by atoms with Gasteiger partial charge in [-0.15, -0.1) is 4.73 Å². The Labute approximate surface area is 91.9 Å². The zero-order valence-electron chi connectivity index (χ0n) is 8.94. The molecule has 0 fully saturated rings. The van der Waals surface area contributed by atoms with E-state index in [0.717, 1.165) is 11.6 Å². The number of aromatic nitrogens is 1. The van der Waals surface area contributed by atoms with E-state index in [1.165, 1.54) is 0 Å². The highest BCUT2D eigenvalue weighted by Gasteiger charge is 2.16. The highest BCUT2D eigenvalue weighted by Crippen LogP contribution is 2.29. The van der Waals surface area contributed by atoms with Crippen molar-refractivity contribution in [2.75, 3.05) is 0 Å². The summed E-state index contributed by atoms with van der Waals surface area (Å²) >= 11 is 0. The van der Waals surface area contributed by atoms with E-state index in [1.54, 1.807) is 12.1 Å². The fourth-order valence-electron chi connectivity index (χ4n) is 1.86. The lowest BCUT2D eigenvalue weighted by molar-refractivity contribution is 0.132. The molecule has 0 atom stereocenters. The highest BCUT2D eigenvalue weighted by molar-refractivity contribution is 5.93. The van der Waals surface area contributed by atoms with Gasteiger partial charge in [0, 0.05) is 0 Å². The maximum absolute atomic E-state index is 9.72. The topological polar surface area (TPSA) is 65.6 Å². The molecule has 4 heteroatoms. The summed E-state index contributed by atoms with van der Waals surface area (Å²) in [4.78, 5) is 0. The van der Waals surface area contributed by atoms with Gasteiger partial charge in [0.15, 0.2) is 0 Å². The lowest BCUT2D eigenvalue weighted by atomic mass is 10.1. The van der Waals surface area contributed by atoms with Gasteiger partial charge in [-0.3, -0.25) is 0 Å². The van der Waals surface area contributed by atoms with Crippen LogP contribution in [0.15, 0.2) is 12.1 Å². The number of benzene rings is 1. The zero-order valence-corrected chi connectivity index (χ0v) is 8.94. The molecule has 0 aliphatic carbocycles. The molecule has 1 aromatic heterocycles. The van der Waals surface area contributed by atoms with Crippen molar-refractivity contribution >= 4 is 23.4 Å². The highest BCUT2D eigenvalue weighted by atomic mass is 16.5. The molecule has 1 heterocycles. The van der Waals surface area contributed by atoms with Crippen LogP contribution in [0.3, 0.4) is 0 Å². The van der Waals surface area contributed by atoms with Crippen molar-refractivity contribution in [3.05, 3.63) is 22.6 Å². The molecule has 0 unspecified atom stereocenters. The lowest BCUT2D eigenvalue weighted by Gasteiger charge is -1.93. The van der Waals surface area contributed by atoms with Crippen LogP contribution < -0.4 is 10.4 Å². The summed E-state index contributed by atoms with van der Waals surface area (Å²) in [5, 5.41) is 30.9. The average molecular weight is 219 g/mol. The van der Waals surface area contributed by atoms with E-state index in [4.69, 9.17) is 0 Å². The molecule has 1 aromatic carbocycles. The first-order chi connectivity index (χ1) is 7.57. The van der Waals surface area contributed by atoms with Gasteiger partial charge < -0.3 is 15.4 Å². The third-order valence-electron chi connectivity index (χ3n) is 2.60. The Morgan fingerprint density at radius 1 is 1.25 bits per heavy atom. The fraction of sp³-hybridized carbons (Fsp3) is 0.167. The largest absolute Gasteiger partial charge is 0.492 e. The van der Waals surface area contributed by atoms with Crippen molar-refractivity contribution in [2.45, 2.75) is 13.3 Å². The van der Waals surface area contributed by atoms with Crippen LogP contribution in [0.4, 0.5) is 0 Å². The van der Waals surface area contributed by atoms with Crippen LogP contribution in [0, 0.1) is 0 Å². The van der Waals surface area contributed by atoms with Gasteiger partial charge >= 0.3 is 0 Å². The number of rotatable bonds is 1. The van der Waals surface area contributed by atoms with Crippen LogP contribution in [0.1, 0.15) is 13.3 Å². The summed E-state index contributed by atoms with van der Waals surface area (Å²) in [5.41, 5.74) is 0. The number of aromatic hydroxyl groups is 2. The van der Waals surface area contributed by atoms with E-state index in [2.05, 4.69) is 6.58 Å². The summed E-state index contributed by atoms with van der Waals surface area (Å²) in [6.07, 6.45) is 2.70. The molecule has 0 spiro atoms. The van der Waals surface area contributed by atoms with E-state index >= 15 is 0 Å². The number of hydrogen-bond donors (Lipinski definition) is 3. The number of fused-ring (bicyclic) bond motifs is 1. The molecular weight excluding hydrogens is 206 g/mol. The predicted octanol–water partition coefficient (Wildman–Crippen LogP) is 0.891. The van der Waals surface area contributed by atoms with Crippen LogP contribution in [0.2, 0.25) is 0 Å². The summed E-state index contributed by atoms with van der Waals surface area (Å²) < 4.78 is 0.367. The molecule has 0 aliphatic rings. The molecule has 0 aliphatic heterocycles. The van der Waals surface area contributed by atoms with Crippen molar-refractivity contribution in [2.24, 2.45) is 0 Å². The van der Waals surface area contributed by atoms with E-state index in [-0.39, 0.29) is 11.8 Å². The monoisotopic (exact) mass is 219 g/mol. The molecule has 0 amide bonds. The van der Waals surface area contributed by atoms with Gasteiger partial charge in [-0.25, -0.2) is 0 Å². The zero-order chi connectivity index (χ0) is 11.9. The molecular formula is C12H13NO3. The number of hydrogen-bond acceptors (Lipinski definition) is 3. The standard InChI is InChI=1S/C12H13NO3/c1-3-4-8-6-5-7(2)9-10(8)12(15)13(16)11(9)14/h4-6,14-16H,2-3H2,1H3. The van der Waals surface area contributed by atoms with Crippen LogP contribution in [0.25, 0.3) is 23.4 Å². The second kappa shape index (κ2) is 3.48. The van der Waals surface area contributed by atoms with Crippen molar-refractivity contribution in [3.8, 4) is 11.8 Å². The lowest BCUT2D eigenvalue weighted by Crippen LogP contribution is -2.08. The number of nitrogens with zero attached hydrogens (tertiary/aromatic N) is 1. The maximum atomic E-state index is 9.72. The Morgan fingerprint density at radius 3 is 2.50 bits per heavy atom. The van der Waals surface area contributed by atoms with Crippen molar-refractivity contribution in [1.82, 2.24) is 4.73 Å². The summed E-state index contributed by atoms with van der Waals surface area (Å²) in [6, 6.07) is 3.54. The second-order valence-electron chi connectivity index (χ2n) is 3.64. The van der Waals surface area contributed by atoms with Gasteiger partial charge in [0.25, 0.3) is 0 Å². The fourth-order valence-corrected chi connectivity index (χ4v) is 1.86. The van der Waals surface area contributed by atoms with Gasteiger partial charge in [-0.2, -0.15) is 0 Å². The Balaban J connectivity index is 3.11. The van der Waals surface area contributed by atoms with Crippen molar-refractivity contribution in [3.63, 3.8) is 0 Å². The van der Waals surface area contributed by atoms with E-state index in [1.807, 2.05) is 13.0 Å². The molecule has 0 bridgehead atoms. The van der Waals surface area contributed by atoms with Gasteiger partial charge in [0.2, 0.25) is 11.8 Å². The molecule has 4 nitrogen and oxygen atoms in total. The first-order valence-corrected chi connectivity index (χ1v) is 5.01. The molecule has 2 rings (SSSR count). The first-order valence-electron chi connectivity index (χ1n) is 5.01. The maximum Gasteiger partial charge on any atom is 0.237 e. The van der Waals surface area contributed by atoms with Gasteiger partial charge in [-0.1, -0.05) is 31.7 Å². The van der Waals surface area contributed by atoms with E-state index in [9.17, 15) is 15.4 Å². The summed E-state index contributed by atoms with van der Waals surface area (Å²) in [7, 11) is 0. The summed E-state index contributed by atoms with van der Waals surface area (Å²) in [6.45, 7) is 5.72. The Morgan fingerprint density at radius 2 is 1.88 bits per heavy atom. The minimum absolute atomic E-state index is 0.363. The smallest absolute Gasteiger partial charge is 0.237 e. The first kappa shape index (κ1) is 10.4. The molecule has 16 heavy (non-hydrogen) atoms. The SMILES string of the molecule is C=c1ccc(=CCC)c2c(O)n(O)c(O)c12. The Hall–Kier alpha value is -2.10. The van der Waals surface area contributed by atoms with Crippen LogP contribution in [-0.2, 0) is 0 Å².